The van der Waals surface area contributed by atoms with E-state index in [1.54, 1.807) is 7.11 Å². The number of carboxylic acid groups (broad SMARTS) is 1. The number of fused-ring (bicyclic) bond motifs is 1. The van der Waals surface area contributed by atoms with Crippen molar-refractivity contribution >= 4 is 16.9 Å². The molecule has 1 fully saturated rings. The van der Waals surface area contributed by atoms with Crippen LogP contribution in [0.1, 0.15) is 61.6 Å². The number of carboxylic acids is 1. The van der Waals surface area contributed by atoms with E-state index in [0.717, 1.165) is 63.0 Å². The number of rotatable bonds is 13. The van der Waals surface area contributed by atoms with Crippen molar-refractivity contribution in [1.82, 2.24) is 9.88 Å². The van der Waals surface area contributed by atoms with Gasteiger partial charge in [-0.25, -0.2) is 0 Å². The fourth-order valence-corrected chi connectivity index (χ4v) is 5.88. The molecule has 198 valence electrons. The first-order chi connectivity index (χ1) is 18.0. The molecule has 5 heteroatoms. The normalized spacial score (nSPS) is 18.2. The van der Waals surface area contributed by atoms with E-state index < -0.39 is 5.97 Å². The van der Waals surface area contributed by atoms with Crippen LogP contribution in [0.2, 0.25) is 0 Å². The molecule has 2 heterocycles. The SMILES string of the molecule is COc1ccc2nccc(CCCC3CCN(CCCCc4ccc(C)cc4)CC3CCC(=O)O)c2c1. The fraction of sp³-hybridized carbons (Fsp3) is 0.500. The van der Waals surface area contributed by atoms with Gasteiger partial charge in [0, 0.05) is 24.5 Å². The molecule has 1 aliphatic rings. The second-order valence-electron chi connectivity index (χ2n) is 10.7. The molecule has 37 heavy (non-hydrogen) atoms. The summed E-state index contributed by atoms with van der Waals surface area (Å²) < 4.78 is 5.43. The van der Waals surface area contributed by atoms with Crippen LogP contribution in [-0.2, 0) is 17.6 Å². The van der Waals surface area contributed by atoms with Gasteiger partial charge in [0.15, 0.2) is 0 Å². The average molecular weight is 503 g/mol. The third kappa shape index (κ3) is 8.03. The van der Waals surface area contributed by atoms with Gasteiger partial charge in [-0.15, -0.1) is 0 Å². The highest BCUT2D eigenvalue weighted by Crippen LogP contribution is 2.32. The summed E-state index contributed by atoms with van der Waals surface area (Å²) in [5.41, 5.74) is 5.06. The fourth-order valence-electron chi connectivity index (χ4n) is 5.88. The van der Waals surface area contributed by atoms with Gasteiger partial charge in [0.05, 0.1) is 12.6 Å². The second-order valence-corrected chi connectivity index (χ2v) is 10.7. The number of carbonyl (C=O) groups is 1. The highest BCUT2D eigenvalue weighted by Gasteiger charge is 2.29. The summed E-state index contributed by atoms with van der Waals surface area (Å²) in [7, 11) is 1.70. The van der Waals surface area contributed by atoms with Gasteiger partial charge >= 0.3 is 5.97 Å². The molecule has 1 aliphatic heterocycles. The van der Waals surface area contributed by atoms with Gasteiger partial charge in [-0.3, -0.25) is 9.78 Å². The Morgan fingerprint density at radius 2 is 1.86 bits per heavy atom. The van der Waals surface area contributed by atoms with Crippen molar-refractivity contribution in [3.63, 3.8) is 0 Å². The minimum Gasteiger partial charge on any atom is -0.497 e. The Morgan fingerprint density at radius 3 is 2.65 bits per heavy atom. The number of aliphatic carboxylic acids is 1. The molecule has 4 rings (SSSR count). The lowest BCUT2D eigenvalue weighted by atomic mass is 9.79. The maximum atomic E-state index is 11.3. The van der Waals surface area contributed by atoms with Crippen LogP contribution in [0.4, 0.5) is 0 Å². The van der Waals surface area contributed by atoms with Crippen LogP contribution in [0.15, 0.2) is 54.7 Å². The van der Waals surface area contributed by atoms with Crippen LogP contribution >= 0.6 is 0 Å². The Hall–Kier alpha value is -2.92. The first-order valence-electron chi connectivity index (χ1n) is 13.9. The zero-order chi connectivity index (χ0) is 26.0. The monoisotopic (exact) mass is 502 g/mol. The van der Waals surface area contributed by atoms with Gasteiger partial charge in [0.25, 0.3) is 0 Å². The minimum atomic E-state index is -0.675. The van der Waals surface area contributed by atoms with Crippen molar-refractivity contribution < 1.29 is 14.6 Å². The maximum absolute atomic E-state index is 11.3. The lowest BCUT2D eigenvalue weighted by Crippen LogP contribution is -2.41. The predicted molar refractivity (Wildman–Crippen MR) is 150 cm³/mol. The highest BCUT2D eigenvalue weighted by molar-refractivity contribution is 5.83. The van der Waals surface area contributed by atoms with E-state index in [4.69, 9.17) is 4.74 Å². The molecule has 0 aliphatic carbocycles. The van der Waals surface area contributed by atoms with Crippen LogP contribution < -0.4 is 4.74 Å². The first-order valence-corrected chi connectivity index (χ1v) is 13.9. The molecule has 1 aromatic heterocycles. The van der Waals surface area contributed by atoms with Crippen molar-refractivity contribution in [2.75, 3.05) is 26.7 Å². The smallest absolute Gasteiger partial charge is 0.303 e. The van der Waals surface area contributed by atoms with Gasteiger partial charge in [0.1, 0.15) is 5.75 Å². The summed E-state index contributed by atoms with van der Waals surface area (Å²) in [6, 6.07) is 17.1. The number of pyridine rings is 1. The Bertz CT molecular complexity index is 1140. The third-order valence-electron chi connectivity index (χ3n) is 8.07. The van der Waals surface area contributed by atoms with Crippen molar-refractivity contribution in [1.29, 1.82) is 0 Å². The molecule has 1 N–H and O–H groups in total. The number of aromatic nitrogens is 1. The zero-order valence-electron chi connectivity index (χ0n) is 22.5. The summed E-state index contributed by atoms with van der Waals surface area (Å²) in [6.45, 7) is 5.42. The number of aryl methyl sites for hydroxylation is 3. The Labute approximate surface area is 221 Å². The molecule has 2 unspecified atom stereocenters. The van der Waals surface area contributed by atoms with Crippen LogP contribution in [0, 0.1) is 18.8 Å². The first kappa shape index (κ1) is 27.1. The molecule has 0 spiro atoms. The van der Waals surface area contributed by atoms with E-state index >= 15 is 0 Å². The molecule has 2 atom stereocenters. The standard InChI is InChI=1S/C32H42N2O3/c1-24-9-11-25(12-10-24)6-3-4-20-34-21-18-26(28(23-34)13-16-32(35)36)7-5-8-27-17-19-33-31-15-14-29(37-2)22-30(27)31/h9-12,14-15,17,19,22,26,28H,3-8,13,16,18,20-21,23H2,1-2H3,(H,35,36). The van der Waals surface area contributed by atoms with E-state index in [1.165, 1.54) is 41.3 Å². The Kier molecular flexibility index (Phi) is 9.95. The summed E-state index contributed by atoms with van der Waals surface area (Å²) in [5, 5.41) is 10.5. The molecule has 5 nitrogen and oxygen atoms in total. The summed E-state index contributed by atoms with van der Waals surface area (Å²) in [4.78, 5) is 18.4. The molecular formula is C32H42N2O3. The van der Waals surface area contributed by atoms with Crippen LogP contribution in [-0.4, -0.2) is 47.7 Å². The molecule has 2 aromatic carbocycles. The Morgan fingerprint density at radius 1 is 1.03 bits per heavy atom. The van der Waals surface area contributed by atoms with Gasteiger partial charge in [-0.2, -0.15) is 0 Å². The van der Waals surface area contributed by atoms with Gasteiger partial charge in [-0.1, -0.05) is 29.8 Å². The number of unbranched alkanes of at least 4 members (excludes halogenated alkanes) is 1. The van der Waals surface area contributed by atoms with E-state index in [1.807, 2.05) is 18.3 Å². The molecule has 3 aromatic rings. The van der Waals surface area contributed by atoms with Crippen LogP contribution in [0.25, 0.3) is 10.9 Å². The van der Waals surface area contributed by atoms with E-state index in [2.05, 4.69) is 53.2 Å². The second kappa shape index (κ2) is 13.6. The quantitative estimate of drug-likeness (QED) is 0.264. The number of hydrogen-bond donors (Lipinski definition) is 1. The van der Waals surface area contributed by atoms with Crippen LogP contribution in [0.3, 0.4) is 0 Å². The molecular weight excluding hydrogens is 460 g/mol. The van der Waals surface area contributed by atoms with Gasteiger partial charge < -0.3 is 14.7 Å². The largest absolute Gasteiger partial charge is 0.497 e. The molecule has 0 amide bonds. The number of likely N-dealkylation sites (tertiary alicyclic amines) is 1. The molecule has 0 radical (unpaired) electrons. The van der Waals surface area contributed by atoms with Crippen molar-refractivity contribution in [3.8, 4) is 5.75 Å². The average Bonchev–Trinajstić information content (AvgIpc) is 2.91. The molecule has 1 saturated heterocycles. The maximum Gasteiger partial charge on any atom is 0.303 e. The number of piperidine rings is 1. The number of hydrogen-bond acceptors (Lipinski definition) is 4. The molecule has 0 bridgehead atoms. The van der Waals surface area contributed by atoms with Crippen LogP contribution in [0.5, 0.6) is 5.75 Å². The van der Waals surface area contributed by atoms with E-state index in [-0.39, 0.29) is 6.42 Å². The Balaban J connectivity index is 1.28. The number of ether oxygens (including phenoxy) is 1. The lowest BCUT2D eigenvalue weighted by molar-refractivity contribution is -0.137. The summed E-state index contributed by atoms with van der Waals surface area (Å²) in [6.07, 6.45) is 10.9. The topological polar surface area (TPSA) is 62.7 Å². The number of nitrogens with zero attached hydrogens (tertiary/aromatic N) is 2. The number of methoxy groups -OCH3 is 1. The number of benzene rings is 2. The summed E-state index contributed by atoms with van der Waals surface area (Å²) >= 11 is 0. The minimum absolute atomic E-state index is 0.275. The highest BCUT2D eigenvalue weighted by atomic mass is 16.5. The lowest BCUT2D eigenvalue weighted by Gasteiger charge is -2.39. The van der Waals surface area contributed by atoms with Crippen molar-refractivity contribution in [2.45, 2.75) is 64.7 Å². The zero-order valence-corrected chi connectivity index (χ0v) is 22.5. The van der Waals surface area contributed by atoms with Crippen molar-refractivity contribution in [2.24, 2.45) is 11.8 Å². The van der Waals surface area contributed by atoms with Gasteiger partial charge in [0.2, 0.25) is 0 Å². The van der Waals surface area contributed by atoms with E-state index in [0.29, 0.717) is 11.8 Å². The predicted octanol–water partition coefficient (Wildman–Crippen LogP) is 6.70. The van der Waals surface area contributed by atoms with E-state index in [9.17, 15) is 9.90 Å². The van der Waals surface area contributed by atoms with Gasteiger partial charge in [-0.05, 0) is 119 Å². The summed E-state index contributed by atoms with van der Waals surface area (Å²) in [5.74, 6) is 1.26. The van der Waals surface area contributed by atoms with Crippen molar-refractivity contribution in [3.05, 3.63) is 71.4 Å². The third-order valence-corrected chi connectivity index (χ3v) is 8.07. The molecule has 0 saturated carbocycles.